The number of aromatic nitrogens is 1. The van der Waals surface area contributed by atoms with Crippen LogP contribution in [0, 0.1) is 18.8 Å². The summed E-state index contributed by atoms with van der Waals surface area (Å²) in [6.07, 6.45) is 2.99. The van der Waals surface area contributed by atoms with Crippen LogP contribution >= 0.6 is 11.6 Å². The van der Waals surface area contributed by atoms with Crippen LogP contribution < -0.4 is 10.6 Å². The summed E-state index contributed by atoms with van der Waals surface area (Å²) in [7, 11) is 0. The molecule has 0 saturated carbocycles. The molecular weight excluding hydrogens is 512 g/mol. The number of benzene rings is 3. The van der Waals surface area contributed by atoms with Crippen LogP contribution in [0.4, 0.5) is 5.69 Å². The Morgan fingerprint density at radius 3 is 2.56 bits per heavy atom. The maximum absolute atomic E-state index is 14.1. The maximum atomic E-state index is 14.1. The fourth-order valence-corrected chi connectivity index (χ4v) is 7.18. The summed E-state index contributed by atoms with van der Waals surface area (Å²) < 4.78 is 0. The molecule has 3 aromatic carbocycles. The number of H-pyrrole nitrogens is 1. The standard InChI is InChI=1S/C31H27ClN4O3/c1-17-13-20(32)15-22-27(17)34-30(39)31(22)26-25(24(35-31)14-19-16-33-23-10-6-5-9-21(19)23)28(37)36(29(26)38)12-11-18-7-3-2-4-8-18/h2-10,13,15-16,24-26,33,35H,11-12,14H2,1H3,(H,34,39)/t24-,25+,26-,31+/m0/s1. The molecular formula is C31H27ClN4O3. The third-order valence-electron chi connectivity index (χ3n) is 8.66. The minimum absolute atomic E-state index is 0.227. The molecule has 7 nitrogen and oxygen atoms in total. The minimum atomic E-state index is -1.37. The highest BCUT2D eigenvalue weighted by atomic mass is 35.5. The number of hydrogen-bond donors (Lipinski definition) is 3. The number of imide groups is 1. The molecule has 4 aromatic rings. The molecule has 3 aliphatic rings. The lowest BCUT2D eigenvalue weighted by molar-refractivity contribution is -0.142. The lowest BCUT2D eigenvalue weighted by Gasteiger charge is -2.29. The molecule has 0 bridgehead atoms. The molecule has 1 aromatic heterocycles. The molecule has 7 rings (SSSR count). The van der Waals surface area contributed by atoms with Crippen molar-refractivity contribution in [2.75, 3.05) is 11.9 Å². The SMILES string of the molecule is Cc1cc(Cl)cc2c1NC(=O)[C@@]21N[C@@H](Cc2c[nH]c3ccccc23)[C@H]2C(=O)N(CCc3ccccc3)C(=O)[C@H]21. The molecule has 196 valence electrons. The number of halogens is 1. The van der Waals surface area contributed by atoms with Gasteiger partial charge in [0.1, 0.15) is 5.54 Å². The van der Waals surface area contributed by atoms with Gasteiger partial charge in [-0.2, -0.15) is 0 Å². The Morgan fingerprint density at radius 2 is 1.74 bits per heavy atom. The summed E-state index contributed by atoms with van der Waals surface area (Å²) in [5, 5.41) is 8.09. The second-order valence-corrected chi connectivity index (χ2v) is 11.2. The lowest BCUT2D eigenvalue weighted by Crippen LogP contribution is -2.53. The first kappa shape index (κ1) is 24.1. The van der Waals surface area contributed by atoms with E-state index in [0.717, 1.165) is 27.6 Å². The van der Waals surface area contributed by atoms with Crippen LogP contribution in [0.15, 0.2) is 72.9 Å². The van der Waals surface area contributed by atoms with Gasteiger partial charge in [-0.15, -0.1) is 0 Å². The average Bonchev–Trinajstić information content (AvgIpc) is 3.64. The molecule has 3 N–H and O–H groups in total. The molecule has 2 fully saturated rings. The number of amides is 3. The number of carbonyl (C=O) groups is 3. The van der Waals surface area contributed by atoms with E-state index in [-0.39, 0.29) is 24.3 Å². The highest BCUT2D eigenvalue weighted by Gasteiger charge is 2.70. The summed E-state index contributed by atoms with van der Waals surface area (Å²) in [4.78, 5) is 46.7. The molecule has 0 radical (unpaired) electrons. The Hall–Kier alpha value is -3.94. The minimum Gasteiger partial charge on any atom is -0.361 e. The van der Waals surface area contributed by atoms with Crippen LogP contribution in [0.25, 0.3) is 10.9 Å². The summed E-state index contributed by atoms with van der Waals surface area (Å²) in [6, 6.07) is 20.9. The van der Waals surface area contributed by atoms with Gasteiger partial charge in [0.25, 0.3) is 0 Å². The van der Waals surface area contributed by atoms with Crippen molar-refractivity contribution in [1.82, 2.24) is 15.2 Å². The zero-order valence-electron chi connectivity index (χ0n) is 21.3. The second kappa shape index (κ2) is 8.79. The van der Waals surface area contributed by atoms with E-state index in [2.05, 4.69) is 15.6 Å². The first-order chi connectivity index (χ1) is 18.9. The molecule has 2 saturated heterocycles. The van der Waals surface area contributed by atoms with E-state index >= 15 is 0 Å². The molecule has 3 aliphatic heterocycles. The van der Waals surface area contributed by atoms with E-state index in [1.807, 2.05) is 67.7 Å². The van der Waals surface area contributed by atoms with Crippen molar-refractivity contribution in [1.29, 1.82) is 0 Å². The van der Waals surface area contributed by atoms with E-state index in [4.69, 9.17) is 11.6 Å². The molecule has 1 spiro atoms. The number of carbonyl (C=O) groups excluding carboxylic acids is 3. The number of likely N-dealkylation sites (tertiary alicyclic amines) is 1. The molecule has 0 unspecified atom stereocenters. The van der Waals surface area contributed by atoms with Crippen molar-refractivity contribution in [3.8, 4) is 0 Å². The van der Waals surface area contributed by atoms with Crippen LogP contribution in [0.2, 0.25) is 5.02 Å². The normalized spacial score (nSPS) is 25.5. The van der Waals surface area contributed by atoms with Gasteiger partial charge in [0, 0.05) is 46.0 Å². The number of para-hydroxylation sites is 1. The van der Waals surface area contributed by atoms with Crippen molar-refractivity contribution in [2.24, 2.45) is 11.8 Å². The number of nitrogens with one attached hydrogen (secondary N) is 3. The van der Waals surface area contributed by atoms with Gasteiger partial charge in [-0.25, -0.2) is 0 Å². The highest BCUT2D eigenvalue weighted by Crippen LogP contribution is 2.54. The first-order valence-corrected chi connectivity index (χ1v) is 13.6. The van der Waals surface area contributed by atoms with Gasteiger partial charge in [0.15, 0.2) is 0 Å². The highest BCUT2D eigenvalue weighted by molar-refractivity contribution is 6.31. The summed E-state index contributed by atoms with van der Waals surface area (Å²) in [5.41, 5.74) is 3.82. The zero-order valence-corrected chi connectivity index (χ0v) is 22.1. The van der Waals surface area contributed by atoms with Gasteiger partial charge in [0.2, 0.25) is 17.7 Å². The van der Waals surface area contributed by atoms with E-state index in [0.29, 0.717) is 29.1 Å². The van der Waals surface area contributed by atoms with Crippen molar-refractivity contribution in [3.05, 3.63) is 100 Å². The molecule has 3 amide bonds. The molecule has 4 atom stereocenters. The van der Waals surface area contributed by atoms with Gasteiger partial charge in [-0.05, 0) is 54.7 Å². The Labute approximate surface area is 230 Å². The average molecular weight is 539 g/mol. The topological polar surface area (TPSA) is 94.3 Å². The van der Waals surface area contributed by atoms with E-state index in [1.165, 1.54) is 4.90 Å². The number of anilines is 1. The van der Waals surface area contributed by atoms with Crippen molar-refractivity contribution >= 4 is 45.9 Å². The Kier molecular flexibility index (Phi) is 5.44. The molecule has 0 aliphatic carbocycles. The summed E-state index contributed by atoms with van der Waals surface area (Å²) in [6.45, 7) is 2.15. The van der Waals surface area contributed by atoms with Crippen molar-refractivity contribution < 1.29 is 14.4 Å². The number of hydrogen-bond acceptors (Lipinski definition) is 4. The van der Waals surface area contributed by atoms with Gasteiger partial charge in [0.05, 0.1) is 11.8 Å². The Balaban J connectivity index is 1.32. The quantitative estimate of drug-likeness (QED) is 0.330. The van der Waals surface area contributed by atoms with Crippen LogP contribution in [-0.2, 0) is 32.8 Å². The summed E-state index contributed by atoms with van der Waals surface area (Å²) in [5.74, 6) is -2.40. The summed E-state index contributed by atoms with van der Waals surface area (Å²) >= 11 is 6.48. The number of fused-ring (bicyclic) bond motifs is 5. The van der Waals surface area contributed by atoms with Gasteiger partial charge >= 0.3 is 0 Å². The van der Waals surface area contributed by atoms with Crippen LogP contribution in [-0.4, -0.2) is 40.2 Å². The largest absolute Gasteiger partial charge is 0.361 e. The fourth-order valence-electron chi connectivity index (χ4n) is 6.91. The number of rotatable bonds is 5. The monoisotopic (exact) mass is 538 g/mol. The third kappa shape index (κ3) is 3.50. The zero-order chi connectivity index (χ0) is 26.9. The lowest BCUT2D eigenvalue weighted by atomic mass is 9.76. The molecule has 39 heavy (non-hydrogen) atoms. The first-order valence-electron chi connectivity index (χ1n) is 13.2. The Bertz CT molecular complexity index is 1670. The number of aromatic amines is 1. The van der Waals surface area contributed by atoms with E-state index < -0.39 is 23.4 Å². The molecule has 8 heteroatoms. The maximum Gasteiger partial charge on any atom is 0.250 e. The van der Waals surface area contributed by atoms with E-state index in [1.54, 1.807) is 12.1 Å². The van der Waals surface area contributed by atoms with Gasteiger partial charge in [-0.1, -0.05) is 60.1 Å². The third-order valence-corrected chi connectivity index (χ3v) is 8.88. The van der Waals surface area contributed by atoms with E-state index in [9.17, 15) is 14.4 Å². The number of nitrogens with zero attached hydrogens (tertiary/aromatic N) is 1. The number of aryl methyl sites for hydroxylation is 1. The predicted octanol–water partition coefficient (Wildman–Crippen LogP) is 4.34. The van der Waals surface area contributed by atoms with Crippen LogP contribution in [0.3, 0.4) is 0 Å². The fraction of sp³-hybridized carbons (Fsp3) is 0.258. The van der Waals surface area contributed by atoms with Crippen molar-refractivity contribution in [2.45, 2.75) is 31.3 Å². The van der Waals surface area contributed by atoms with Gasteiger partial charge < -0.3 is 10.3 Å². The van der Waals surface area contributed by atoms with Crippen molar-refractivity contribution in [3.63, 3.8) is 0 Å². The smallest absolute Gasteiger partial charge is 0.250 e. The second-order valence-electron chi connectivity index (χ2n) is 10.8. The van der Waals surface area contributed by atoms with Crippen LogP contribution in [0.5, 0.6) is 0 Å². The predicted molar refractivity (Wildman–Crippen MR) is 149 cm³/mol. The van der Waals surface area contributed by atoms with Crippen LogP contribution in [0.1, 0.15) is 22.3 Å². The molecule has 4 heterocycles. The Morgan fingerprint density at radius 1 is 0.974 bits per heavy atom. The van der Waals surface area contributed by atoms with Gasteiger partial charge in [-0.3, -0.25) is 24.6 Å².